The minimum Gasteiger partial charge on any atom is -0.481 e. The number of amides is 2. The van der Waals surface area contributed by atoms with E-state index < -0.39 is 5.97 Å². The van der Waals surface area contributed by atoms with Crippen molar-refractivity contribution in [3.05, 3.63) is 17.3 Å². The van der Waals surface area contributed by atoms with Crippen LogP contribution in [-0.4, -0.2) is 28.6 Å². The number of carbonyl (C=O) groups is 2. The first-order valence-electron chi connectivity index (χ1n) is 6.05. The van der Waals surface area contributed by atoms with Crippen LogP contribution in [0.5, 0.6) is 0 Å². The van der Waals surface area contributed by atoms with E-state index in [4.69, 9.17) is 9.52 Å². The standard InChI is InChI=1S/C12H19N3O4/c1-7(4-11(16)17)5-13-12(18)14-6-10-15-8(2)9(3)19-10/h7H,4-6H2,1-3H3,(H,16,17)(H2,13,14,18). The molecule has 19 heavy (non-hydrogen) atoms. The van der Waals surface area contributed by atoms with Crippen LogP contribution in [-0.2, 0) is 11.3 Å². The molecule has 1 aromatic rings. The number of carboxylic acids is 1. The van der Waals surface area contributed by atoms with E-state index in [1.807, 2.05) is 6.92 Å². The van der Waals surface area contributed by atoms with Crippen LogP contribution in [0.3, 0.4) is 0 Å². The van der Waals surface area contributed by atoms with E-state index in [2.05, 4.69) is 15.6 Å². The van der Waals surface area contributed by atoms with Gasteiger partial charge in [0.1, 0.15) is 5.76 Å². The molecule has 1 rings (SSSR count). The molecule has 3 N–H and O–H groups in total. The molecule has 0 saturated carbocycles. The summed E-state index contributed by atoms with van der Waals surface area (Å²) in [7, 11) is 0. The van der Waals surface area contributed by atoms with Gasteiger partial charge in [-0.05, 0) is 19.8 Å². The number of carboxylic acid groups (broad SMARTS) is 1. The molecule has 1 atom stereocenters. The van der Waals surface area contributed by atoms with E-state index in [-0.39, 0.29) is 24.9 Å². The van der Waals surface area contributed by atoms with Crippen LogP contribution >= 0.6 is 0 Å². The Bertz CT molecular complexity index is 436. The van der Waals surface area contributed by atoms with Gasteiger partial charge in [-0.3, -0.25) is 4.79 Å². The van der Waals surface area contributed by atoms with E-state index in [9.17, 15) is 9.59 Å². The van der Waals surface area contributed by atoms with Crippen LogP contribution in [0.1, 0.15) is 30.7 Å². The normalized spacial score (nSPS) is 11.9. The highest BCUT2D eigenvalue weighted by molar-refractivity contribution is 5.73. The summed E-state index contributed by atoms with van der Waals surface area (Å²) in [5, 5.41) is 13.8. The molecule has 1 unspecified atom stereocenters. The lowest BCUT2D eigenvalue weighted by molar-refractivity contribution is -0.137. The summed E-state index contributed by atoms with van der Waals surface area (Å²) in [4.78, 5) is 26.0. The second-order valence-electron chi connectivity index (χ2n) is 4.52. The molecule has 0 aromatic carbocycles. The first-order valence-corrected chi connectivity index (χ1v) is 6.05. The number of aryl methyl sites for hydroxylation is 2. The Labute approximate surface area is 111 Å². The molecule has 2 amide bonds. The second kappa shape index (κ2) is 6.77. The Hall–Kier alpha value is -2.05. The second-order valence-corrected chi connectivity index (χ2v) is 4.52. The van der Waals surface area contributed by atoms with Crippen molar-refractivity contribution in [1.82, 2.24) is 15.6 Å². The molecule has 0 saturated heterocycles. The van der Waals surface area contributed by atoms with Crippen LogP contribution in [0, 0.1) is 19.8 Å². The topological polar surface area (TPSA) is 104 Å². The molecule has 0 aliphatic rings. The zero-order valence-corrected chi connectivity index (χ0v) is 11.3. The lowest BCUT2D eigenvalue weighted by Gasteiger charge is -2.10. The number of aromatic nitrogens is 1. The summed E-state index contributed by atoms with van der Waals surface area (Å²) in [6.07, 6.45) is 0.0262. The van der Waals surface area contributed by atoms with E-state index in [1.165, 1.54) is 0 Å². The highest BCUT2D eigenvalue weighted by Gasteiger charge is 2.10. The van der Waals surface area contributed by atoms with Crippen molar-refractivity contribution >= 4 is 12.0 Å². The average molecular weight is 269 g/mol. The van der Waals surface area contributed by atoms with Gasteiger partial charge in [-0.1, -0.05) is 6.92 Å². The summed E-state index contributed by atoms with van der Waals surface area (Å²) in [5.41, 5.74) is 0.798. The molecule has 7 nitrogen and oxygen atoms in total. The summed E-state index contributed by atoms with van der Waals surface area (Å²) >= 11 is 0. The van der Waals surface area contributed by atoms with Crippen molar-refractivity contribution < 1.29 is 19.1 Å². The third kappa shape index (κ3) is 5.41. The van der Waals surface area contributed by atoms with Gasteiger partial charge in [-0.15, -0.1) is 0 Å². The molecule has 0 radical (unpaired) electrons. The van der Waals surface area contributed by atoms with Crippen LogP contribution in [0.25, 0.3) is 0 Å². The molecule has 1 heterocycles. The quantitative estimate of drug-likeness (QED) is 0.719. The summed E-state index contributed by atoms with van der Waals surface area (Å²) in [6, 6.07) is -0.370. The number of aliphatic carboxylic acids is 1. The third-order valence-electron chi connectivity index (χ3n) is 2.61. The highest BCUT2D eigenvalue weighted by atomic mass is 16.4. The van der Waals surface area contributed by atoms with E-state index in [0.29, 0.717) is 12.4 Å². The molecule has 0 aliphatic carbocycles. The van der Waals surface area contributed by atoms with Gasteiger partial charge in [0.05, 0.1) is 12.2 Å². The number of nitrogens with one attached hydrogen (secondary N) is 2. The molecule has 106 valence electrons. The van der Waals surface area contributed by atoms with Crippen molar-refractivity contribution in [3.63, 3.8) is 0 Å². The number of hydrogen-bond donors (Lipinski definition) is 3. The lowest BCUT2D eigenvalue weighted by atomic mass is 10.1. The number of urea groups is 1. The summed E-state index contributed by atoms with van der Waals surface area (Å²) < 4.78 is 5.31. The number of nitrogens with zero attached hydrogens (tertiary/aromatic N) is 1. The maximum Gasteiger partial charge on any atom is 0.315 e. The van der Waals surface area contributed by atoms with Crippen molar-refractivity contribution in [2.45, 2.75) is 33.7 Å². The molecule has 7 heteroatoms. The third-order valence-corrected chi connectivity index (χ3v) is 2.61. The van der Waals surface area contributed by atoms with Crippen LogP contribution < -0.4 is 10.6 Å². The molecule has 0 bridgehead atoms. The van der Waals surface area contributed by atoms with Gasteiger partial charge < -0.3 is 20.2 Å². The van der Waals surface area contributed by atoms with Gasteiger partial charge in [0.15, 0.2) is 0 Å². The van der Waals surface area contributed by atoms with Crippen molar-refractivity contribution in [2.75, 3.05) is 6.54 Å². The van der Waals surface area contributed by atoms with Crippen LogP contribution in [0.4, 0.5) is 4.79 Å². The van der Waals surface area contributed by atoms with E-state index in [1.54, 1.807) is 13.8 Å². The van der Waals surface area contributed by atoms with Crippen molar-refractivity contribution in [1.29, 1.82) is 0 Å². The lowest BCUT2D eigenvalue weighted by Crippen LogP contribution is -2.37. The predicted octanol–water partition coefficient (Wildman–Crippen LogP) is 1.20. The van der Waals surface area contributed by atoms with E-state index in [0.717, 1.165) is 11.5 Å². The maximum atomic E-state index is 11.5. The van der Waals surface area contributed by atoms with Gasteiger partial charge in [-0.2, -0.15) is 0 Å². The van der Waals surface area contributed by atoms with Crippen LogP contribution in [0.2, 0.25) is 0 Å². The fourth-order valence-electron chi connectivity index (χ4n) is 1.47. The minimum absolute atomic E-state index is 0.0262. The van der Waals surface area contributed by atoms with Gasteiger partial charge in [0.25, 0.3) is 0 Å². The zero-order valence-electron chi connectivity index (χ0n) is 11.3. The minimum atomic E-state index is -0.875. The first kappa shape index (κ1) is 15.0. The number of rotatable bonds is 6. The summed E-state index contributed by atoms with van der Waals surface area (Å²) in [6.45, 7) is 5.90. The zero-order chi connectivity index (χ0) is 14.4. The SMILES string of the molecule is Cc1nc(CNC(=O)NCC(C)CC(=O)O)oc1C. The highest BCUT2D eigenvalue weighted by Crippen LogP contribution is 2.07. The first-order chi connectivity index (χ1) is 8.88. The van der Waals surface area contributed by atoms with Crippen LogP contribution in [0.15, 0.2) is 4.42 Å². The number of carbonyl (C=O) groups excluding carboxylic acids is 1. The predicted molar refractivity (Wildman–Crippen MR) is 67.6 cm³/mol. The maximum absolute atomic E-state index is 11.5. The number of hydrogen-bond acceptors (Lipinski definition) is 4. The largest absolute Gasteiger partial charge is 0.481 e. The fraction of sp³-hybridized carbons (Fsp3) is 0.583. The Balaban J connectivity index is 2.26. The van der Waals surface area contributed by atoms with Gasteiger partial charge in [0, 0.05) is 13.0 Å². The Morgan fingerprint density at radius 2 is 2.05 bits per heavy atom. The van der Waals surface area contributed by atoms with Gasteiger partial charge >= 0.3 is 12.0 Å². The van der Waals surface area contributed by atoms with Crippen molar-refractivity contribution in [3.8, 4) is 0 Å². The Kier molecular flexibility index (Phi) is 5.35. The fourth-order valence-corrected chi connectivity index (χ4v) is 1.47. The van der Waals surface area contributed by atoms with E-state index >= 15 is 0 Å². The average Bonchev–Trinajstić information content (AvgIpc) is 2.63. The molecule has 0 spiro atoms. The smallest absolute Gasteiger partial charge is 0.315 e. The molecular formula is C12H19N3O4. The monoisotopic (exact) mass is 269 g/mol. The molecule has 0 aliphatic heterocycles. The van der Waals surface area contributed by atoms with Gasteiger partial charge in [-0.25, -0.2) is 9.78 Å². The summed E-state index contributed by atoms with van der Waals surface area (Å²) in [5.74, 6) is 0.186. The molecule has 0 fully saturated rings. The molecular weight excluding hydrogens is 250 g/mol. The van der Waals surface area contributed by atoms with Crippen molar-refractivity contribution in [2.24, 2.45) is 5.92 Å². The number of oxazole rings is 1. The van der Waals surface area contributed by atoms with Gasteiger partial charge in [0.2, 0.25) is 5.89 Å². The Morgan fingerprint density at radius 1 is 1.37 bits per heavy atom. The molecule has 1 aromatic heterocycles. The Morgan fingerprint density at radius 3 is 2.58 bits per heavy atom.